The number of nitrogens with one attached hydrogen (secondary N) is 1. The number of carbonyl (C=O) groups is 1. The molecule has 0 spiro atoms. The van der Waals surface area contributed by atoms with Crippen molar-refractivity contribution in [3.63, 3.8) is 0 Å². The maximum atomic E-state index is 12.3. The first-order chi connectivity index (χ1) is 12.4. The fourth-order valence-corrected chi connectivity index (χ4v) is 4.64. The van der Waals surface area contributed by atoms with E-state index in [1.165, 1.54) is 4.31 Å². The number of carbonyl (C=O) groups excluding carboxylic acids is 1. The van der Waals surface area contributed by atoms with Gasteiger partial charge < -0.3 is 5.32 Å². The highest BCUT2D eigenvalue weighted by Crippen LogP contribution is 2.30. The first-order valence-electron chi connectivity index (χ1n) is 8.52. The van der Waals surface area contributed by atoms with Crippen LogP contribution in [-0.4, -0.2) is 26.6 Å². The fraction of sp³-hybridized carbons (Fsp3) is 0.250. The minimum absolute atomic E-state index is 0.169. The van der Waals surface area contributed by atoms with E-state index >= 15 is 0 Å². The van der Waals surface area contributed by atoms with Crippen molar-refractivity contribution >= 4 is 32.9 Å². The van der Waals surface area contributed by atoms with Gasteiger partial charge in [-0.25, -0.2) is 8.42 Å². The zero-order valence-electron chi connectivity index (χ0n) is 14.9. The highest BCUT2D eigenvalue weighted by molar-refractivity contribution is 7.93. The third-order valence-electron chi connectivity index (χ3n) is 4.42. The summed E-state index contributed by atoms with van der Waals surface area (Å²) in [5, 5.41) is 2.82. The van der Waals surface area contributed by atoms with Gasteiger partial charge in [0, 0.05) is 18.3 Å². The molecule has 2 aromatic carbocycles. The Morgan fingerprint density at radius 3 is 2.54 bits per heavy atom. The summed E-state index contributed by atoms with van der Waals surface area (Å²) in [6.45, 7) is 4.23. The Labute approximate surface area is 154 Å². The first-order valence-corrected chi connectivity index (χ1v) is 10.1. The highest BCUT2D eigenvalue weighted by Gasteiger charge is 2.29. The van der Waals surface area contributed by atoms with Gasteiger partial charge in [0.05, 0.1) is 11.4 Å². The molecule has 0 aromatic heterocycles. The summed E-state index contributed by atoms with van der Waals surface area (Å²) in [6, 6.07) is 15.0. The second-order valence-corrected chi connectivity index (χ2v) is 8.44. The van der Waals surface area contributed by atoms with Crippen LogP contribution in [0.15, 0.2) is 54.6 Å². The van der Waals surface area contributed by atoms with Gasteiger partial charge in [-0.05, 0) is 49.1 Å². The van der Waals surface area contributed by atoms with Crippen LogP contribution in [0.1, 0.15) is 24.5 Å². The quantitative estimate of drug-likeness (QED) is 0.837. The molecule has 1 aliphatic rings. The molecule has 0 bridgehead atoms. The lowest BCUT2D eigenvalue weighted by Crippen LogP contribution is -2.26. The van der Waals surface area contributed by atoms with Crippen LogP contribution >= 0.6 is 0 Å². The molecule has 26 heavy (non-hydrogen) atoms. The predicted octanol–water partition coefficient (Wildman–Crippen LogP) is 3.58. The Morgan fingerprint density at radius 2 is 1.88 bits per heavy atom. The van der Waals surface area contributed by atoms with Crippen LogP contribution in [0.25, 0.3) is 5.57 Å². The molecule has 0 aliphatic carbocycles. The summed E-state index contributed by atoms with van der Waals surface area (Å²) in [6.07, 6.45) is 2.17. The number of rotatable bonds is 4. The standard InChI is InChI=1S/C20H22N2O3S/c1-15-9-10-18(14-19(15)22-11-6-12-26(22,24)25)21-20(23)13-16(2)17-7-4-3-5-8-17/h3-5,7-10,13-14H,6,11-12H2,1-2H3,(H,21,23)/b16-13+. The molecule has 0 radical (unpaired) electrons. The van der Waals surface area contributed by atoms with E-state index in [2.05, 4.69) is 5.32 Å². The Morgan fingerprint density at radius 1 is 1.15 bits per heavy atom. The summed E-state index contributed by atoms with van der Waals surface area (Å²) in [5.41, 5.74) is 3.91. The molecule has 1 fully saturated rings. The van der Waals surface area contributed by atoms with Gasteiger partial charge in [-0.2, -0.15) is 0 Å². The minimum Gasteiger partial charge on any atom is -0.322 e. The molecule has 136 valence electrons. The van der Waals surface area contributed by atoms with Gasteiger partial charge in [0.1, 0.15) is 0 Å². The molecule has 6 heteroatoms. The number of anilines is 2. The summed E-state index contributed by atoms with van der Waals surface area (Å²) in [4.78, 5) is 12.3. The Balaban J connectivity index is 1.80. The average Bonchev–Trinajstić information content (AvgIpc) is 2.96. The van der Waals surface area contributed by atoms with Crippen LogP contribution in [0.3, 0.4) is 0 Å². The zero-order valence-corrected chi connectivity index (χ0v) is 15.7. The first kappa shape index (κ1) is 18.2. The third-order valence-corrected chi connectivity index (χ3v) is 6.28. The van der Waals surface area contributed by atoms with Crippen LogP contribution in [0.2, 0.25) is 0 Å². The van der Waals surface area contributed by atoms with Gasteiger partial charge in [-0.3, -0.25) is 9.10 Å². The molecule has 3 rings (SSSR count). The van der Waals surface area contributed by atoms with Crippen LogP contribution in [0.4, 0.5) is 11.4 Å². The minimum atomic E-state index is -3.25. The number of hydrogen-bond donors (Lipinski definition) is 1. The van der Waals surface area contributed by atoms with E-state index in [1.807, 2.05) is 50.2 Å². The second-order valence-electron chi connectivity index (χ2n) is 6.43. The van der Waals surface area contributed by atoms with E-state index in [1.54, 1.807) is 18.2 Å². The lowest BCUT2D eigenvalue weighted by Gasteiger charge is -2.20. The van der Waals surface area contributed by atoms with Gasteiger partial charge in [0.15, 0.2) is 0 Å². The van der Waals surface area contributed by atoms with E-state index in [0.29, 0.717) is 24.3 Å². The van der Waals surface area contributed by atoms with Crippen LogP contribution in [-0.2, 0) is 14.8 Å². The van der Waals surface area contributed by atoms with Gasteiger partial charge in [-0.1, -0.05) is 36.4 Å². The Bertz CT molecular complexity index is 950. The number of amides is 1. The van der Waals surface area contributed by atoms with Crippen molar-refractivity contribution in [1.82, 2.24) is 0 Å². The monoisotopic (exact) mass is 370 g/mol. The highest BCUT2D eigenvalue weighted by atomic mass is 32.2. The molecule has 1 aliphatic heterocycles. The molecular weight excluding hydrogens is 348 g/mol. The summed E-state index contributed by atoms with van der Waals surface area (Å²) >= 11 is 0. The summed E-state index contributed by atoms with van der Waals surface area (Å²) in [5.74, 6) is -0.0763. The SMILES string of the molecule is C/C(=C\C(=O)Nc1ccc(C)c(N2CCCS2(=O)=O)c1)c1ccccc1. The molecule has 1 heterocycles. The van der Waals surface area contributed by atoms with E-state index < -0.39 is 10.0 Å². The van der Waals surface area contributed by atoms with Gasteiger partial charge >= 0.3 is 0 Å². The van der Waals surface area contributed by atoms with Crippen molar-refractivity contribution in [3.05, 3.63) is 65.7 Å². The molecule has 0 unspecified atom stereocenters. The van der Waals surface area contributed by atoms with E-state index in [-0.39, 0.29) is 11.7 Å². The fourth-order valence-electron chi connectivity index (χ4n) is 3.03. The smallest absolute Gasteiger partial charge is 0.248 e. The van der Waals surface area contributed by atoms with Crippen LogP contribution in [0.5, 0.6) is 0 Å². The summed E-state index contributed by atoms with van der Waals surface area (Å²) in [7, 11) is -3.25. The molecule has 2 aromatic rings. The average molecular weight is 370 g/mol. The third kappa shape index (κ3) is 3.96. The maximum absolute atomic E-state index is 12.3. The summed E-state index contributed by atoms with van der Waals surface area (Å²) < 4.78 is 25.8. The zero-order chi connectivity index (χ0) is 18.7. The van der Waals surface area contributed by atoms with Crippen molar-refractivity contribution in [3.8, 4) is 0 Å². The lowest BCUT2D eigenvalue weighted by atomic mass is 10.1. The van der Waals surface area contributed by atoms with Crippen molar-refractivity contribution in [2.24, 2.45) is 0 Å². The number of nitrogens with zero attached hydrogens (tertiary/aromatic N) is 1. The normalized spacial score (nSPS) is 16.5. The lowest BCUT2D eigenvalue weighted by molar-refractivity contribution is -0.111. The molecule has 0 atom stereocenters. The molecule has 1 N–H and O–H groups in total. The number of allylic oxidation sites excluding steroid dienone is 1. The van der Waals surface area contributed by atoms with Gasteiger partial charge in [0.2, 0.25) is 15.9 Å². The largest absolute Gasteiger partial charge is 0.322 e. The molecular formula is C20H22N2O3S. The van der Waals surface area contributed by atoms with Crippen molar-refractivity contribution in [1.29, 1.82) is 0 Å². The van der Waals surface area contributed by atoms with Crippen LogP contribution < -0.4 is 9.62 Å². The second kappa shape index (κ2) is 7.33. The number of hydrogen-bond acceptors (Lipinski definition) is 3. The number of benzene rings is 2. The van der Waals surface area contributed by atoms with Gasteiger partial charge in [-0.15, -0.1) is 0 Å². The number of aryl methyl sites for hydroxylation is 1. The molecule has 1 amide bonds. The molecule has 5 nitrogen and oxygen atoms in total. The van der Waals surface area contributed by atoms with Crippen molar-refractivity contribution in [2.75, 3.05) is 21.9 Å². The van der Waals surface area contributed by atoms with E-state index in [0.717, 1.165) is 16.7 Å². The number of sulfonamides is 1. The van der Waals surface area contributed by atoms with Gasteiger partial charge in [0.25, 0.3) is 0 Å². The Hall–Kier alpha value is -2.60. The molecule has 1 saturated heterocycles. The van der Waals surface area contributed by atoms with E-state index in [9.17, 15) is 13.2 Å². The molecule has 0 saturated carbocycles. The van der Waals surface area contributed by atoms with Crippen molar-refractivity contribution < 1.29 is 13.2 Å². The van der Waals surface area contributed by atoms with E-state index in [4.69, 9.17) is 0 Å². The van der Waals surface area contributed by atoms with Crippen LogP contribution in [0, 0.1) is 6.92 Å². The predicted molar refractivity (Wildman–Crippen MR) is 106 cm³/mol. The Kier molecular flexibility index (Phi) is 5.13. The topological polar surface area (TPSA) is 66.5 Å². The van der Waals surface area contributed by atoms with Crippen molar-refractivity contribution in [2.45, 2.75) is 20.3 Å². The maximum Gasteiger partial charge on any atom is 0.248 e.